The van der Waals surface area contributed by atoms with E-state index in [0.717, 1.165) is 30.5 Å². The van der Waals surface area contributed by atoms with Gasteiger partial charge >= 0.3 is 0 Å². The second-order valence-corrected chi connectivity index (χ2v) is 5.44. The molecule has 3 nitrogen and oxygen atoms in total. The van der Waals surface area contributed by atoms with Crippen LogP contribution in [-0.4, -0.2) is 17.9 Å². The number of fused-ring (bicyclic) bond motifs is 1. The Kier molecular flexibility index (Phi) is 3.05. The van der Waals surface area contributed by atoms with Crippen molar-refractivity contribution in [3.8, 4) is 5.75 Å². The first-order valence-corrected chi connectivity index (χ1v) is 6.86. The molecule has 1 atom stereocenters. The number of hydrogen-bond donors (Lipinski definition) is 1. The lowest BCUT2D eigenvalue weighted by molar-refractivity contribution is -0.120. The van der Waals surface area contributed by atoms with Gasteiger partial charge in [-0.15, -0.1) is 0 Å². The number of aromatic amines is 1. The van der Waals surface area contributed by atoms with Crippen LogP contribution in [0.3, 0.4) is 0 Å². The molecule has 0 aliphatic heterocycles. The summed E-state index contributed by atoms with van der Waals surface area (Å²) >= 11 is 0. The van der Waals surface area contributed by atoms with Gasteiger partial charge in [-0.05, 0) is 48.9 Å². The summed E-state index contributed by atoms with van der Waals surface area (Å²) in [5.74, 6) is 1.64. The second-order valence-electron chi connectivity index (χ2n) is 5.44. The van der Waals surface area contributed by atoms with E-state index in [1.165, 1.54) is 16.5 Å². The standard InChI is InChI=1S/C16H19NO2/c1-10-6-13(19-2)8-14-15(9-17-16(10)14)11-4-3-5-12(18)7-11/h6,8-9,11,17H,3-5,7H2,1-2H3. The van der Waals surface area contributed by atoms with Gasteiger partial charge in [-0.2, -0.15) is 0 Å². The number of carbonyl (C=O) groups excluding carboxylic acids is 1. The van der Waals surface area contributed by atoms with Gasteiger partial charge in [0, 0.05) is 29.9 Å². The Morgan fingerprint density at radius 2 is 2.21 bits per heavy atom. The fourth-order valence-electron chi connectivity index (χ4n) is 3.15. The lowest BCUT2D eigenvalue weighted by atomic mass is 9.83. The number of carbonyl (C=O) groups is 1. The molecule has 1 unspecified atom stereocenters. The van der Waals surface area contributed by atoms with Crippen LogP contribution in [-0.2, 0) is 4.79 Å². The summed E-state index contributed by atoms with van der Waals surface area (Å²) in [5.41, 5.74) is 3.61. The van der Waals surface area contributed by atoms with Crippen LogP contribution in [0.25, 0.3) is 10.9 Å². The summed E-state index contributed by atoms with van der Waals surface area (Å²) < 4.78 is 5.36. The Balaban J connectivity index is 2.08. The fourth-order valence-corrected chi connectivity index (χ4v) is 3.15. The summed E-state index contributed by atoms with van der Waals surface area (Å²) in [4.78, 5) is 15.0. The highest BCUT2D eigenvalue weighted by molar-refractivity contribution is 5.89. The van der Waals surface area contributed by atoms with Crippen LogP contribution in [0.1, 0.15) is 42.7 Å². The fraction of sp³-hybridized carbons (Fsp3) is 0.438. The summed E-state index contributed by atoms with van der Waals surface area (Å²) in [5, 5.41) is 1.21. The number of aryl methyl sites for hydroxylation is 1. The molecule has 1 aromatic heterocycles. The van der Waals surface area contributed by atoms with Crippen LogP contribution in [0.2, 0.25) is 0 Å². The monoisotopic (exact) mass is 257 g/mol. The number of rotatable bonds is 2. The highest BCUT2D eigenvalue weighted by Crippen LogP contribution is 2.37. The van der Waals surface area contributed by atoms with E-state index in [9.17, 15) is 4.79 Å². The zero-order chi connectivity index (χ0) is 13.4. The smallest absolute Gasteiger partial charge is 0.133 e. The first-order chi connectivity index (χ1) is 9.19. The topological polar surface area (TPSA) is 42.1 Å². The predicted molar refractivity (Wildman–Crippen MR) is 75.8 cm³/mol. The van der Waals surface area contributed by atoms with Gasteiger partial charge in [-0.1, -0.05) is 0 Å². The van der Waals surface area contributed by atoms with Gasteiger partial charge in [-0.25, -0.2) is 0 Å². The molecule has 100 valence electrons. The van der Waals surface area contributed by atoms with Gasteiger partial charge in [0.05, 0.1) is 7.11 Å². The summed E-state index contributed by atoms with van der Waals surface area (Å²) in [6, 6.07) is 4.11. The Bertz CT molecular complexity index is 627. The number of benzene rings is 1. The number of hydrogen-bond acceptors (Lipinski definition) is 2. The average Bonchev–Trinajstić information content (AvgIpc) is 2.83. The van der Waals surface area contributed by atoms with E-state index in [2.05, 4.69) is 24.2 Å². The molecule has 1 saturated carbocycles. The minimum absolute atomic E-state index is 0.363. The molecule has 1 aromatic carbocycles. The maximum atomic E-state index is 11.7. The zero-order valence-corrected chi connectivity index (χ0v) is 11.5. The van der Waals surface area contributed by atoms with Gasteiger partial charge < -0.3 is 9.72 Å². The molecule has 1 N–H and O–H groups in total. The van der Waals surface area contributed by atoms with E-state index < -0.39 is 0 Å². The molecule has 0 saturated heterocycles. The van der Waals surface area contributed by atoms with E-state index in [1.807, 2.05) is 6.07 Å². The molecule has 0 bridgehead atoms. The number of ether oxygens (including phenoxy) is 1. The lowest BCUT2D eigenvalue weighted by Crippen LogP contribution is -2.13. The highest BCUT2D eigenvalue weighted by Gasteiger charge is 2.23. The van der Waals surface area contributed by atoms with Crippen molar-refractivity contribution in [2.75, 3.05) is 7.11 Å². The molecule has 3 heteroatoms. The van der Waals surface area contributed by atoms with Crippen molar-refractivity contribution in [3.63, 3.8) is 0 Å². The molecule has 1 heterocycles. The lowest BCUT2D eigenvalue weighted by Gasteiger charge is -2.20. The van der Waals surface area contributed by atoms with Crippen molar-refractivity contribution in [2.24, 2.45) is 0 Å². The average molecular weight is 257 g/mol. The van der Waals surface area contributed by atoms with E-state index in [4.69, 9.17) is 4.74 Å². The van der Waals surface area contributed by atoms with Gasteiger partial charge in [-0.3, -0.25) is 4.79 Å². The molecule has 1 aliphatic carbocycles. The van der Waals surface area contributed by atoms with Gasteiger partial charge in [0.1, 0.15) is 11.5 Å². The Hall–Kier alpha value is -1.77. The van der Waals surface area contributed by atoms with Gasteiger partial charge in [0.15, 0.2) is 0 Å². The summed E-state index contributed by atoms with van der Waals surface area (Å²) in [7, 11) is 1.69. The van der Waals surface area contributed by atoms with Crippen LogP contribution in [0.4, 0.5) is 0 Å². The van der Waals surface area contributed by atoms with Crippen molar-refractivity contribution in [3.05, 3.63) is 29.5 Å². The molecular weight excluding hydrogens is 238 g/mol. The molecule has 1 aliphatic rings. The third-order valence-corrected chi connectivity index (χ3v) is 4.15. The highest BCUT2D eigenvalue weighted by atomic mass is 16.5. The van der Waals surface area contributed by atoms with E-state index >= 15 is 0 Å². The summed E-state index contributed by atoms with van der Waals surface area (Å²) in [6.45, 7) is 2.08. The molecule has 1 fully saturated rings. The van der Waals surface area contributed by atoms with Crippen molar-refractivity contribution in [1.82, 2.24) is 4.98 Å². The number of ketones is 1. The minimum atomic E-state index is 0.363. The third-order valence-electron chi connectivity index (χ3n) is 4.15. The molecular formula is C16H19NO2. The van der Waals surface area contributed by atoms with Crippen LogP contribution in [0, 0.1) is 6.92 Å². The van der Waals surface area contributed by atoms with E-state index in [1.54, 1.807) is 7.11 Å². The van der Waals surface area contributed by atoms with Crippen molar-refractivity contribution < 1.29 is 9.53 Å². The van der Waals surface area contributed by atoms with Crippen molar-refractivity contribution in [2.45, 2.75) is 38.5 Å². The largest absolute Gasteiger partial charge is 0.497 e. The van der Waals surface area contributed by atoms with Crippen LogP contribution < -0.4 is 4.74 Å². The van der Waals surface area contributed by atoms with Gasteiger partial charge in [0.25, 0.3) is 0 Å². The minimum Gasteiger partial charge on any atom is -0.497 e. The first kappa shape index (κ1) is 12.3. The first-order valence-electron chi connectivity index (χ1n) is 6.86. The Morgan fingerprint density at radius 1 is 1.37 bits per heavy atom. The quantitative estimate of drug-likeness (QED) is 0.891. The second kappa shape index (κ2) is 4.72. The normalized spacial score (nSPS) is 19.9. The van der Waals surface area contributed by atoms with Gasteiger partial charge in [0.2, 0.25) is 0 Å². The third kappa shape index (κ3) is 2.14. The number of nitrogens with one attached hydrogen (secondary N) is 1. The van der Waals surface area contributed by atoms with Crippen LogP contribution in [0.15, 0.2) is 18.3 Å². The predicted octanol–water partition coefficient (Wildman–Crippen LogP) is 3.71. The number of aromatic nitrogens is 1. The number of H-pyrrole nitrogens is 1. The molecule has 0 spiro atoms. The van der Waals surface area contributed by atoms with E-state index in [-0.39, 0.29) is 0 Å². The molecule has 19 heavy (non-hydrogen) atoms. The van der Waals surface area contributed by atoms with Crippen molar-refractivity contribution >= 4 is 16.7 Å². The maximum Gasteiger partial charge on any atom is 0.133 e. The SMILES string of the molecule is COc1cc(C)c2[nH]cc(C3CCCC(=O)C3)c2c1. The van der Waals surface area contributed by atoms with Crippen LogP contribution in [0.5, 0.6) is 5.75 Å². The van der Waals surface area contributed by atoms with E-state index in [0.29, 0.717) is 18.1 Å². The molecule has 3 rings (SSSR count). The Morgan fingerprint density at radius 3 is 2.95 bits per heavy atom. The van der Waals surface area contributed by atoms with Crippen LogP contribution >= 0.6 is 0 Å². The molecule has 2 aromatic rings. The molecule has 0 amide bonds. The zero-order valence-electron chi connectivity index (χ0n) is 11.5. The summed E-state index contributed by atoms with van der Waals surface area (Å²) in [6.07, 6.45) is 5.62. The maximum absolute atomic E-state index is 11.7. The molecule has 0 radical (unpaired) electrons. The number of methoxy groups -OCH3 is 1. The van der Waals surface area contributed by atoms with Crippen molar-refractivity contribution in [1.29, 1.82) is 0 Å². The number of Topliss-reactive ketones (excluding diaryl/α,β-unsaturated/α-hetero) is 1. The Labute approximate surface area is 113 Å².